The van der Waals surface area contributed by atoms with Gasteiger partial charge in [-0.05, 0) is 97.7 Å². The summed E-state index contributed by atoms with van der Waals surface area (Å²) in [5, 5.41) is 11.1. The molecule has 4 fully saturated rings. The third-order valence-corrected chi connectivity index (χ3v) is 11.4. The predicted octanol–water partition coefficient (Wildman–Crippen LogP) is 5.83. The minimum Gasteiger partial charge on any atom is -0.392 e. The molecule has 0 saturated heterocycles. The van der Waals surface area contributed by atoms with Crippen LogP contribution in [-0.4, -0.2) is 23.3 Å². The highest BCUT2D eigenvalue weighted by molar-refractivity contribution is 5.83. The van der Waals surface area contributed by atoms with Gasteiger partial charge in [0, 0.05) is 5.92 Å². The van der Waals surface area contributed by atoms with E-state index in [-0.39, 0.29) is 22.5 Å². The Kier molecular flexibility index (Phi) is 5.36. The number of rotatable bonds is 3. The van der Waals surface area contributed by atoms with Crippen LogP contribution in [0, 0.1) is 51.2 Å². The number of aldehydes is 1. The topological polar surface area (TPSA) is 54.4 Å². The van der Waals surface area contributed by atoms with Crippen molar-refractivity contribution in [3.63, 3.8) is 0 Å². The van der Waals surface area contributed by atoms with Gasteiger partial charge >= 0.3 is 0 Å². The molecule has 3 nitrogen and oxygen atoms in total. The fourth-order valence-corrected chi connectivity index (χ4v) is 10.3. The van der Waals surface area contributed by atoms with E-state index in [0.29, 0.717) is 29.1 Å². The van der Waals surface area contributed by atoms with Gasteiger partial charge in [0.15, 0.2) is 0 Å². The smallest absolute Gasteiger partial charge is 0.136 e. The summed E-state index contributed by atoms with van der Waals surface area (Å²) >= 11 is 0. The van der Waals surface area contributed by atoms with Crippen LogP contribution in [0.25, 0.3) is 0 Å². The molecule has 1 N–H and O–H groups in total. The average Bonchev–Trinajstić information content (AvgIpc) is 2.66. The molecule has 0 aliphatic heterocycles. The second-order valence-corrected chi connectivity index (χ2v) is 12.8. The van der Waals surface area contributed by atoms with Crippen LogP contribution in [0.3, 0.4) is 0 Å². The molecule has 0 bridgehead atoms. The Morgan fingerprint density at radius 3 is 2.20 bits per heavy atom. The van der Waals surface area contributed by atoms with Gasteiger partial charge in [-0.15, -0.1) is 0 Å². The monoisotopic (exact) mass is 416 g/mol. The molecular weight excluding hydrogens is 372 g/mol. The number of ketones is 1. The van der Waals surface area contributed by atoms with Crippen molar-refractivity contribution in [2.75, 3.05) is 0 Å². The van der Waals surface area contributed by atoms with Crippen molar-refractivity contribution in [3.8, 4) is 0 Å². The van der Waals surface area contributed by atoms with E-state index < -0.39 is 12.0 Å². The van der Waals surface area contributed by atoms with E-state index in [0.717, 1.165) is 25.0 Å². The van der Waals surface area contributed by atoms with Gasteiger partial charge in [0.1, 0.15) is 12.1 Å². The summed E-state index contributed by atoms with van der Waals surface area (Å²) in [6, 6.07) is 0. The van der Waals surface area contributed by atoms with Crippen molar-refractivity contribution in [2.45, 2.75) is 105 Å². The molecular formula is C27H44O3. The highest BCUT2D eigenvalue weighted by atomic mass is 16.3. The average molecular weight is 417 g/mol. The molecule has 0 amide bonds. The fraction of sp³-hybridized carbons (Fsp3) is 0.926. The predicted molar refractivity (Wildman–Crippen MR) is 120 cm³/mol. The largest absolute Gasteiger partial charge is 0.392 e. The van der Waals surface area contributed by atoms with Crippen LogP contribution in [-0.2, 0) is 9.59 Å². The quantitative estimate of drug-likeness (QED) is 0.589. The molecule has 0 aromatic carbocycles. The molecule has 0 spiro atoms. The maximum absolute atomic E-state index is 12.5. The second kappa shape index (κ2) is 7.15. The summed E-state index contributed by atoms with van der Waals surface area (Å²) in [6.45, 7) is 13.8. The SMILES string of the molecule is CC[C@]12CCC3[C@@]4(C)CCCC(C)(C)C4CC[C@@]3(C)C1C[C@H](O)[C@@H](C(C)=O)[C@@H]2C=O. The van der Waals surface area contributed by atoms with Gasteiger partial charge in [-0.2, -0.15) is 0 Å². The Balaban J connectivity index is 1.78. The van der Waals surface area contributed by atoms with Gasteiger partial charge in [0.25, 0.3) is 0 Å². The van der Waals surface area contributed by atoms with Crippen LogP contribution in [0.2, 0.25) is 0 Å². The maximum Gasteiger partial charge on any atom is 0.136 e. The lowest BCUT2D eigenvalue weighted by atomic mass is 9.34. The standard InChI is InChI=1S/C27H44O3/c1-7-27-14-10-21-25(5)12-8-11-24(3,4)20(25)9-13-26(21,6)22(27)15-19(30)23(17(2)29)18(27)16-28/h16,18-23,30H,7-15H2,1-6H3/t18-,19-,20?,21?,22?,23-,25-,26+,27+/m0/s1. The molecule has 4 aliphatic carbocycles. The van der Waals surface area contributed by atoms with Crippen LogP contribution in [0.5, 0.6) is 0 Å². The summed E-state index contributed by atoms with van der Waals surface area (Å²) < 4.78 is 0. The Labute approximate surface area is 183 Å². The molecule has 0 aromatic heterocycles. The van der Waals surface area contributed by atoms with Crippen molar-refractivity contribution in [3.05, 3.63) is 0 Å². The van der Waals surface area contributed by atoms with E-state index in [1.54, 1.807) is 6.92 Å². The second-order valence-electron chi connectivity index (χ2n) is 12.8. The van der Waals surface area contributed by atoms with Crippen LogP contribution in [0.4, 0.5) is 0 Å². The molecule has 4 saturated carbocycles. The number of aliphatic hydroxyl groups is 1. The van der Waals surface area contributed by atoms with E-state index in [4.69, 9.17) is 0 Å². The van der Waals surface area contributed by atoms with E-state index in [1.165, 1.54) is 38.5 Å². The summed E-state index contributed by atoms with van der Waals surface area (Å²) in [7, 11) is 0. The molecule has 0 heterocycles. The summed E-state index contributed by atoms with van der Waals surface area (Å²) in [5.74, 6) is 0.895. The number of Topliss-reactive ketones (excluding diaryl/α,β-unsaturated/α-hetero) is 1. The lowest BCUT2D eigenvalue weighted by Crippen LogP contribution is -2.66. The Hall–Kier alpha value is -0.700. The third kappa shape index (κ3) is 2.79. The number of carbonyl (C=O) groups is 2. The van der Waals surface area contributed by atoms with E-state index >= 15 is 0 Å². The molecule has 3 heteroatoms. The molecule has 170 valence electrons. The first kappa shape index (κ1) is 22.5. The van der Waals surface area contributed by atoms with Crippen LogP contribution >= 0.6 is 0 Å². The van der Waals surface area contributed by atoms with Crippen LogP contribution in [0.15, 0.2) is 0 Å². The molecule has 4 aliphatic rings. The van der Waals surface area contributed by atoms with E-state index in [1.807, 2.05) is 0 Å². The molecule has 30 heavy (non-hydrogen) atoms. The summed E-state index contributed by atoms with van der Waals surface area (Å²) in [4.78, 5) is 24.9. The van der Waals surface area contributed by atoms with Crippen molar-refractivity contribution in [1.29, 1.82) is 0 Å². The van der Waals surface area contributed by atoms with Crippen molar-refractivity contribution in [1.82, 2.24) is 0 Å². The lowest BCUT2D eigenvalue weighted by molar-refractivity contribution is -0.230. The Bertz CT molecular complexity index is 713. The van der Waals surface area contributed by atoms with Crippen molar-refractivity contribution < 1.29 is 14.7 Å². The molecule has 0 radical (unpaired) electrons. The normalized spacial score (nSPS) is 52.5. The number of hydrogen-bond acceptors (Lipinski definition) is 3. The minimum absolute atomic E-state index is 0.0112. The number of carbonyl (C=O) groups excluding carboxylic acids is 2. The summed E-state index contributed by atoms with van der Waals surface area (Å²) in [6.07, 6.45) is 10.7. The number of fused-ring (bicyclic) bond motifs is 5. The van der Waals surface area contributed by atoms with Gasteiger partial charge in [-0.3, -0.25) is 4.79 Å². The van der Waals surface area contributed by atoms with Crippen molar-refractivity contribution >= 4 is 12.1 Å². The van der Waals surface area contributed by atoms with Crippen LogP contribution < -0.4 is 0 Å². The van der Waals surface area contributed by atoms with E-state index in [9.17, 15) is 14.7 Å². The molecule has 0 aromatic rings. The number of hydrogen-bond donors (Lipinski definition) is 1. The third-order valence-electron chi connectivity index (χ3n) is 11.4. The Morgan fingerprint density at radius 2 is 1.60 bits per heavy atom. The minimum atomic E-state index is -0.675. The van der Waals surface area contributed by atoms with Gasteiger partial charge in [-0.25, -0.2) is 0 Å². The first-order valence-electron chi connectivity index (χ1n) is 12.6. The van der Waals surface area contributed by atoms with Gasteiger partial charge in [0.05, 0.1) is 12.0 Å². The molecule has 4 rings (SSSR count). The molecule has 3 unspecified atom stereocenters. The van der Waals surface area contributed by atoms with Crippen LogP contribution in [0.1, 0.15) is 99.3 Å². The van der Waals surface area contributed by atoms with Crippen molar-refractivity contribution in [2.24, 2.45) is 51.2 Å². The Morgan fingerprint density at radius 1 is 0.967 bits per heavy atom. The zero-order chi connectivity index (χ0) is 22.1. The zero-order valence-electron chi connectivity index (χ0n) is 20.2. The maximum atomic E-state index is 12.5. The number of aliphatic hydroxyl groups excluding tert-OH is 1. The fourth-order valence-electron chi connectivity index (χ4n) is 10.3. The van der Waals surface area contributed by atoms with E-state index in [2.05, 4.69) is 34.6 Å². The highest BCUT2D eigenvalue weighted by Crippen LogP contribution is 2.74. The molecule has 9 atom stereocenters. The van der Waals surface area contributed by atoms with Gasteiger partial charge < -0.3 is 9.90 Å². The lowest BCUT2D eigenvalue weighted by Gasteiger charge is -2.71. The van der Waals surface area contributed by atoms with Gasteiger partial charge in [0.2, 0.25) is 0 Å². The first-order valence-corrected chi connectivity index (χ1v) is 12.6. The van der Waals surface area contributed by atoms with Gasteiger partial charge in [-0.1, -0.05) is 41.0 Å². The summed E-state index contributed by atoms with van der Waals surface area (Å²) in [5.41, 5.74) is 0.783. The zero-order valence-corrected chi connectivity index (χ0v) is 20.2. The first-order chi connectivity index (χ1) is 14.0. The highest BCUT2D eigenvalue weighted by Gasteiger charge is 2.68.